The standard InChI is InChI=1S/C13H24N4O2S/c1-5-14-9-11-12(10(2)15-16-11)20(18,19)17-8-6-7-13(17,3)4/h14H,5-9H2,1-4H3,(H,15,16). The zero-order valence-corrected chi connectivity index (χ0v) is 13.5. The van der Waals surface area contributed by atoms with Crippen LogP contribution in [0, 0.1) is 6.92 Å². The number of aromatic amines is 1. The Hall–Kier alpha value is -0.920. The highest BCUT2D eigenvalue weighted by atomic mass is 32.2. The first-order valence-electron chi connectivity index (χ1n) is 7.08. The van der Waals surface area contributed by atoms with Crippen molar-refractivity contribution in [3.8, 4) is 0 Å². The minimum absolute atomic E-state index is 0.321. The summed E-state index contributed by atoms with van der Waals surface area (Å²) in [7, 11) is -3.50. The van der Waals surface area contributed by atoms with Crippen molar-refractivity contribution in [3.63, 3.8) is 0 Å². The van der Waals surface area contributed by atoms with E-state index in [4.69, 9.17) is 0 Å². The lowest BCUT2D eigenvalue weighted by atomic mass is 10.0. The highest BCUT2D eigenvalue weighted by molar-refractivity contribution is 7.89. The highest BCUT2D eigenvalue weighted by Crippen LogP contribution is 2.35. The number of hydrogen-bond donors (Lipinski definition) is 2. The Morgan fingerprint density at radius 3 is 2.70 bits per heavy atom. The first-order valence-corrected chi connectivity index (χ1v) is 8.52. The predicted molar refractivity (Wildman–Crippen MR) is 77.9 cm³/mol. The van der Waals surface area contributed by atoms with Crippen LogP contribution in [0.2, 0.25) is 0 Å². The number of nitrogens with zero attached hydrogens (tertiary/aromatic N) is 2. The van der Waals surface area contributed by atoms with Gasteiger partial charge in [0.25, 0.3) is 0 Å². The number of H-pyrrole nitrogens is 1. The van der Waals surface area contributed by atoms with E-state index in [2.05, 4.69) is 15.5 Å². The van der Waals surface area contributed by atoms with Gasteiger partial charge < -0.3 is 5.32 Å². The molecule has 1 aromatic heterocycles. The van der Waals surface area contributed by atoms with Gasteiger partial charge in [0.05, 0.1) is 11.4 Å². The molecule has 1 aromatic rings. The molecule has 0 amide bonds. The van der Waals surface area contributed by atoms with Gasteiger partial charge in [-0.3, -0.25) is 5.10 Å². The summed E-state index contributed by atoms with van der Waals surface area (Å²) in [5.74, 6) is 0. The second-order valence-electron chi connectivity index (χ2n) is 5.90. The summed E-state index contributed by atoms with van der Waals surface area (Å²) in [6, 6.07) is 0. The van der Waals surface area contributed by atoms with Crippen LogP contribution in [0.5, 0.6) is 0 Å². The van der Waals surface area contributed by atoms with Crippen LogP contribution in [-0.2, 0) is 16.6 Å². The monoisotopic (exact) mass is 300 g/mol. The Bertz CT molecular complexity index is 577. The third-order valence-electron chi connectivity index (χ3n) is 3.88. The molecule has 2 N–H and O–H groups in total. The number of nitrogens with one attached hydrogen (secondary N) is 2. The van der Waals surface area contributed by atoms with Crippen molar-refractivity contribution < 1.29 is 8.42 Å². The van der Waals surface area contributed by atoms with Crippen molar-refractivity contribution in [2.45, 2.75) is 57.5 Å². The SMILES string of the molecule is CCNCc1n[nH]c(C)c1S(=O)(=O)N1CCCC1(C)C. The van der Waals surface area contributed by atoms with Crippen molar-refractivity contribution in [1.29, 1.82) is 0 Å². The first-order chi connectivity index (χ1) is 9.30. The summed E-state index contributed by atoms with van der Waals surface area (Å²) in [6.07, 6.45) is 1.80. The smallest absolute Gasteiger partial charge is 0.247 e. The minimum atomic E-state index is -3.50. The number of aryl methyl sites for hydroxylation is 1. The molecule has 1 saturated heterocycles. The van der Waals surface area contributed by atoms with Gasteiger partial charge >= 0.3 is 0 Å². The van der Waals surface area contributed by atoms with E-state index in [1.807, 2.05) is 20.8 Å². The molecule has 0 atom stereocenters. The molecular weight excluding hydrogens is 276 g/mol. The lowest BCUT2D eigenvalue weighted by Crippen LogP contribution is -2.43. The fourth-order valence-electron chi connectivity index (χ4n) is 2.81. The molecule has 20 heavy (non-hydrogen) atoms. The van der Waals surface area contributed by atoms with E-state index in [9.17, 15) is 8.42 Å². The van der Waals surface area contributed by atoms with E-state index < -0.39 is 10.0 Å². The van der Waals surface area contributed by atoms with Crippen molar-refractivity contribution in [2.75, 3.05) is 13.1 Å². The van der Waals surface area contributed by atoms with E-state index in [-0.39, 0.29) is 5.54 Å². The van der Waals surface area contributed by atoms with Gasteiger partial charge in [-0.05, 0) is 40.2 Å². The molecule has 7 heteroatoms. The van der Waals surface area contributed by atoms with Gasteiger partial charge in [0, 0.05) is 18.6 Å². The van der Waals surface area contributed by atoms with E-state index in [0.29, 0.717) is 29.4 Å². The number of hydrogen-bond acceptors (Lipinski definition) is 4. The molecule has 1 fully saturated rings. The average Bonchev–Trinajstić information content (AvgIpc) is 2.89. The van der Waals surface area contributed by atoms with Crippen LogP contribution >= 0.6 is 0 Å². The summed E-state index contributed by atoms with van der Waals surface area (Å²) < 4.78 is 27.5. The minimum Gasteiger partial charge on any atom is -0.311 e. The molecule has 2 rings (SSSR count). The Labute approximate surface area is 121 Å². The quantitative estimate of drug-likeness (QED) is 0.861. The van der Waals surface area contributed by atoms with Crippen molar-refractivity contribution in [3.05, 3.63) is 11.4 Å². The molecule has 0 saturated carbocycles. The molecule has 0 aliphatic carbocycles. The van der Waals surface area contributed by atoms with Gasteiger partial charge in [-0.15, -0.1) is 0 Å². The summed E-state index contributed by atoms with van der Waals surface area (Å²) in [5, 5.41) is 10.1. The van der Waals surface area contributed by atoms with E-state index >= 15 is 0 Å². The maximum Gasteiger partial charge on any atom is 0.247 e. The summed E-state index contributed by atoms with van der Waals surface area (Å²) in [4.78, 5) is 0.341. The maximum atomic E-state index is 13.0. The third kappa shape index (κ3) is 2.62. The second kappa shape index (κ2) is 5.46. The largest absolute Gasteiger partial charge is 0.311 e. The fraction of sp³-hybridized carbons (Fsp3) is 0.769. The average molecular weight is 300 g/mol. The van der Waals surface area contributed by atoms with E-state index in [1.165, 1.54) is 0 Å². The fourth-order valence-corrected chi connectivity index (χ4v) is 4.99. The van der Waals surface area contributed by atoms with Gasteiger partial charge in [0.2, 0.25) is 10.0 Å². The number of sulfonamides is 1. The Morgan fingerprint density at radius 1 is 1.45 bits per heavy atom. The molecule has 114 valence electrons. The predicted octanol–water partition coefficient (Wildman–Crippen LogP) is 1.39. The van der Waals surface area contributed by atoms with Gasteiger partial charge in [-0.25, -0.2) is 8.42 Å². The molecule has 2 heterocycles. The lowest BCUT2D eigenvalue weighted by Gasteiger charge is -2.30. The van der Waals surface area contributed by atoms with Crippen molar-refractivity contribution >= 4 is 10.0 Å². The third-order valence-corrected chi connectivity index (χ3v) is 6.19. The van der Waals surface area contributed by atoms with Gasteiger partial charge in [-0.2, -0.15) is 9.40 Å². The Morgan fingerprint density at radius 2 is 2.15 bits per heavy atom. The zero-order valence-electron chi connectivity index (χ0n) is 12.7. The molecule has 0 radical (unpaired) electrons. The van der Waals surface area contributed by atoms with Crippen LogP contribution in [0.1, 0.15) is 45.0 Å². The first kappa shape index (κ1) is 15.5. The van der Waals surface area contributed by atoms with Gasteiger partial charge in [0.1, 0.15) is 4.90 Å². The highest BCUT2D eigenvalue weighted by Gasteiger charge is 2.42. The summed E-state index contributed by atoms with van der Waals surface area (Å²) in [6.45, 7) is 9.54. The number of rotatable bonds is 5. The van der Waals surface area contributed by atoms with Crippen LogP contribution in [0.25, 0.3) is 0 Å². The molecule has 0 aromatic carbocycles. The molecule has 0 unspecified atom stereocenters. The molecular formula is C13H24N4O2S. The Balaban J connectivity index is 2.42. The van der Waals surface area contributed by atoms with Crippen molar-refractivity contribution in [1.82, 2.24) is 19.8 Å². The van der Waals surface area contributed by atoms with Crippen LogP contribution in [0.4, 0.5) is 0 Å². The lowest BCUT2D eigenvalue weighted by molar-refractivity contribution is 0.291. The van der Waals surface area contributed by atoms with Crippen LogP contribution in [0.15, 0.2) is 4.90 Å². The molecule has 1 aliphatic heterocycles. The summed E-state index contributed by atoms with van der Waals surface area (Å²) in [5.41, 5.74) is 0.866. The van der Waals surface area contributed by atoms with E-state index in [0.717, 1.165) is 19.4 Å². The molecule has 6 nitrogen and oxygen atoms in total. The molecule has 0 spiro atoms. The Kier molecular flexibility index (Phi) is 4.22. The van der Waals surface area contributed by atoms with Crippen molar-refractivity contribution in [2.24, 2.45) is 0 Å². The molecule has 1 aliphatic rings. The normalized spacial score (nSPS) is 19.6. The van der Waals surface area contributed by atoms with Gasteiger partial charge in [-0.1, -0.05) is 6.92 Å². The number of aromatic nitrogens is 2. The van der Waals surface area contributed by atoms with Crippen LogP contribution in [0.3, 0.4) is 0 Å². The summed E-state index contributed by atoms with van der Waals surface area (Å²) >= 11 is 0. The molecule has 0 bridgehead atoms. The van der Waals surface area contributed by atoms with E-state index in [1.54, 1.807) is 11.2 Å². The second-order valence-corrected chi connectivity index (χ2v) is 7.70. The zero-order chi connectivity index (χ0) is 15.0. The topological polar surface area (TPSA) is 78.1 Å². The maximum absolute atomic E-state index is 13.0. The van der Waals surface area contributed by atoms with Crippen LogP contribution < -0.4 is 5.32 Å². The van der Waals surface area contributed by atoms with Crippen LogP contribution in [-0.4, -0.2) is 41.5 Å². The van der Waals surface area contributed by atoms with Gasteiger partial charge in [0.15, 0.2) is 0 Å².